The van der Waals surface area contributed by atoms with Crippen LogP contribution in [0.5, 0.6) is 0 Å². The Morgan fingerprint density at radius 2 is 1.13 bits per heavy atom. The first kappa shape index (κ1) is 28.4. The Morgan fingerprint density at radius 1 is 0.700 bits per heavy atom. The number of rotatable bonds is 20. The summed E-state index contributed by atoms with van der Waals surface area (Å²) in [7, 11) is 0. The third-order valence-corrected chi connectivity index (χ3v) is 5.17. The van der Waals surface area contributed by atoms with Crippen LogP contribution in [-0.2, 0) is 24.2 Å². The summed E-state index contributed by atoms with van der Waals surface area (Å²) in [6.07, 6.45) is 18.6. The van der Waals surface area contributed by atoms with E-state index in [1.165, 1.54) is 77.0 Å². The second-order valence-corrected chi connectivity index (χ2v) is 8.10. The number of hydrogen-bond donors (Lipinski definition) is 2. The van der Waals surface area contributed by atoms with Crippen molar-refractivity contribution in [1.82, 2.24) is 0 Å². The molecule has 3 N–H and O–H groups in total. The van der Waals surface area contributed by atoms with Gasteiger partial charge in [0.2, 0.25) is 0 Å². The van der Waals surface area contributed by atoms with Gasteiger partial charge >= 0.3 is 17.9 Å². The van der Waals surface area contributed by atoms with Gasteiger partial charge in [-0.1, -0.05) is 96.8 Å². The van der Waals surface area contributed by atoms with Crippen LogP contribution in [0.1, 0.15) is 122 Å². The highest BCUT2D eigenvalue weighted by Crippen LogP contribution is 2.13. The predicted octanol–water partition coefficient (Wildman–Crippen LogP) is 5.44. The van der Waals surface area contributed by atoms with Crippen LogP contribution in [0.3, 0.4) is 0 Å². The second-order valence-electron chi connectivity index (χ2n) is 8.10. The molecule has 0 heterocycles. The van der Waals surface area contributed by atoms with E-state index in [1.807, 2.05) is 0 Å². The molecule has 30 heavy (non-hydrogen) atoms. The minimum atomic E-state index is -1.11. The number of hydrogen-bond acceptors (Lipinski definition) is 6. The topological polar surface area (TPSA) is 116 Å². The van der Waals surface area contributed by atoms with Crippen LogP contribution in [0.15, 0.2) is 0 Å². The Labute approximate surface area is 182 Å². The van der Waals surface area contributed by atoms with Crippen LogP contribution in [0, 0.1) is 0 Å². The summed E-state index contributed by atoms with van der Waals surface area (Å²) in [6, 6.07) is -1.11. The maximum Gasteiger partial charge on any atom is 0.372 e. The normalized spacial score (nSPS) is 11.8. The molecule has 0 saturated carbocycles. The maximum absolute atomic E-state index is 11.5. The summed E-state index contributed by atoms with van der Waals surface area (Å²) in [5, 5.41) is 8.53. The van der Waals surface area contributed by atoms with Crippen molar-refractivity contribution < 1.29 is 29.3 Å². The smallest absolute Gasteiger partial charge is 0.372 e. The molecular formula is C23H43NO6. The van der Waals surface area contributed by atoms with Crippen LogP contribution < -0.4 is 5.73 Å². The Bertz CT molecular complexity index is 455. The molecule has 0 rings (SSSR count). The van der Waals surface area contributed by atoms with E-state index >= 15 is 0 Å². The summed E-state index contributed by atoms with van der Waals surface area (Å²) in [5.41, 5.74) is 5.46. The zero-order chi connectivity index (χ0) is 22.5. The standard InChI is InChI=1S/C23H43NO6/c1-2-3-4-5-6-7-8-9-10-11-12-13-14-15-16-17-22(27)29-30-23(28)20(24)18-19-21(25)26/h20H,2-19,24H2,1H3,(H,25,26)/t20-/m0/s1. The van der Waals surface area contributed by atoms with E-state index in [1.54, 1.807) is 0 Å². The van der Waals surface area contributed by atoms with Crippen LogP contribution >= 0.6 is 0 Å². The number of carbonyl (C=O) groups excluding carboxylic acids is 2. The number of aliphatic carboxylic acids is 1. The average molecular weight is 430 g/mol. The molecule has 0 saturated heterocycles. The van der Waals surface area contributed by atoms with E-state index in [0.717, 1.165) is 12.8 Å². The van der Waals surface area contributed by atoms with Crippen molar-refractivity contribution in [3.8, 4) is 0 Å². The van der Waals surface area contributed by atoms with Crippen LogP contribution in [-0.4, -0.2) is 29.1 Å². The number of nitrogens with two attached hydrogens (primary N) is 1. The van der Waals surface area contributed by atoms with Gasteiger partial charge in [0.25, 0.3) is 0 Å². The zero-order valence-corrected chi connectivity index (χ0v) is 18.9. The molecule has 0 aromatic rings. The molecule has 1 atom stereocenters. The lowest BCUT2D eigenvalue weighted by Crippen LogP contribution is -2.33. The molecule has 0 aliphatic carbocycles. The number of unbranched alkanes of at least 4 members (excludes halogenated alkanes) is 14. The third-order valence-electron chi connectivity index (χ3n) is 5.17. The van der Waals surface area contributed by atoms with Gasteiger partial charge in [-0.3, -0.25) is 4.79 Å². The molecule has 0 fully saturated rings. The fraction of sp³-hybridized carbons (Fsp3) is 0.870. The molecule has 7 heteroatoms. The number of carbonyl (C=O) groups is 3. The Kier molecular flexibility index (Phi) is 19.5. The van der Waals surface area contributed by atoms with Gasteiger partial charge < -0.3 is 10.8 Å². The van der Waals surface area contributed by atoms with Gasteiger partial charge in [-0.15, -0.1) is 0 Å². The van der Waals surface area contributed by atoms with E-state index in [9.17, 15) is 14.4 Å². The Morgan fingerprint density at radius 3 is 1.57 bits per heavy atom. The summed E-state index contributed by atoms with van der Waals surface area (Å²) in [4.78, 5) is 42.2. The predicted molar refractivity (Wildman–Crippen MR) is 117 cm³/mol. The summed E-state index contributed by atoms with van der Waals surface area (Å²) < 4.78 is 0. The fourth-order valence-corrected chi connectivity index (χ4v) is 3.23. The molecule has 0 bridgehead atoms. The molecule has 0 aliphatic rings. The molecule has 0 aromatic heterocycles. The first-order valence-electron chi connectivity index (χ1n) is 11.9. The number of carboxylic acids is 1. The van der Waals surface area contributed by atoms with Crippen LogP contribution in [0.4, 0.5) is 0 Å². The largest absolute Gasteiger partial charge is 0.481 e. The highest BCUT2D eigenvalue weighted by molar-refractivity contribution is 5.77. The fourth-order valence-electron chi connectivity index (χ4n) is 3.23. The SMILES string of the molecule is CCCCCCCCCCCCCCCCCC(=O)OOC(=O)[C@@H](N)CCC(=O)O. The van der Waals surface area contributed by atoms with Crippen molar-refractivity contribution in [1.29, 1.82) is 0 Å². The molecule has 7 nitrogen and oxygen atoms in total. The van der Waals surface area contributed by atoms with Gasteiger partial charge in [0.05, 0.1) is 6.42 Å². The van der Waals surface area contributed by atoms with E-state index in [0.29, 0.717) is 6.42 Å². The first-order valence-corrected chi connectivity index (χ1v) is 11.9. The minimum absolute atomic E-state index is 0.0647. The van der Waals surface area contributed by atoms with Crippen molar-refractivity contribution >= 4 is 17.9 Å². The molecule has 0 spiro atoms. The summed E-state index contributed by atoms with van der Waals surface area (Å²) in [5.74, 6) is -2.59. The van der Waals surface area contributed by atoms with Crippen molar-refractivity contribution in [2.75, 3.05) is 0 Å². The van der Waals surface area contributed by atoms with E-state index in [-0.39, 0.29) is 19.3 Å². The highest BCUT2D eigenvalue weighted by Gasteiger charge is 2.19. The third kappa shape index (κ3) is 19.7. The van der Waals surface area contributed by atoms with Gasteiger partial charge in [0.1, 0.15) is 6.04 Å². The van der Waals surface area contributed by atoms with E-state index < -0.39 is 23.9 Å². The van der Waals surface area contributed by atoms with Gasteiger partial charge in [-0.2, -0.15) is 0 Å². The maximum atomic E-state index is 11.5. The Balaban J connectivity index is 3.37. The van der Waals surface area contributed by atoms with Crippen LogP contribution in [0.2, 0.25) is 0 Å². The molecule has 0 aromatic carbocycles. The van der Waals surface area contributed by atoms with Gasteiger partial charge in [-0.25, -0.2) is 19.4 Å². The average Bonchev–Trinajstić information content (AvgIpc) is 2.72. The van der Waals surface area contributed by atoms with E-state index in [4.69, 9.17) is 10.8 Å². The lowest BCUT2D eigenvalue weighted by atomic mass is 10.0. The van der Waals surface area contributed by atoms with Gasteiger partial charge in [0.15, 0.2) is 0 Å². The molecular weight excluding hydrogens is 386 g/mol. The Hall–Kier alpha value is -1.63. The van der Waals surface area contributed by atoms with Crippen molar-refractivity contribution in [2.24, 2.45) is 5.73 Å². The van der Waals surface area contributed by atoms with Crippen LogP contribution in [0.25, 0.3) is 0 Å². The monoisotopic (exact) mass is 429 g/mol. The lowest BCUT2D eigenvalue weighted by Gasteiger charge is -2.08. The lowest BCUT2D eigenvalue weighted by molar-refractivity contribution is -0.260. The molecule has 0 unspecified atom stereocenters. The number of carboxylic acid groups (broad SMARTS) is 1. The quantitative estimate of drug-likeness (QED) is 0.150. The van der Waals surface area contributed by atoms with Gasteiger partial charge in [0, 0.05) is 6.42 Å². The van der Waals surface area contributed by atoms with Gasteiger partial charge in [-0.05, 0) is 12.8 Å². The second kappa shape index (κ2) is 20.6. The summed E-state index contributed by atoms with van der Waals surface area (Å²) in [6.45, 7) is 2.25. The van der Waals surface area contributed by atoms with Crippen molar-refractivity contribution in [2.45, 2.75) is 129 Å². The highest BCUT2D eigenvalue weighted by atomic mass is 17.2. The van der Waals surface area contributed by atoms with Crippen molar-refractivity contribution in [3.63, 3.8) is 0 Å². The minimum Gasteiger partial charge on any atom is -0.481 e. The zero-order valence-electron chi connectivity index (χ0n) is 18.9. The molecule has 0 radical (unpaired) electrons. The van der Waals surface area contributed by atoms with Crippen molar-refractivity contribution in [3.05, 3.63) is 0 Å². The molecule has 176 valence electrons. The first-order chi connectivity index (χ1) is 14.5. The van der Waals surface area contributed by atoms with E-state index in [2.05, 4.69) is 16.7 Å². The summed E-state index contributed by atoms with van der Waals surface area (Å²) >= 11 is 0. The molecule has 0 aliphatic heterocycles. The molecule has 0 amide bonds.